The monoisotopic (exact) mass is 355 g/mol. The van der Waals surface area contributed by atoms with Crippen LogP contribution in [0.4, 0.5) is 10.2 Å². The zero-order valence-corrected chi connectivity index (χ0v) is 14.4. The van der Waals surface area contributed by atoms with Crippen molar-refractivity contribution in [2.45, 2.75) is 6.54 Å². The van der Waals surface area contributed by atoms with E-state index >= 15 is 0 Å². The molecule has 0 spiro atoms. The number of hydrogen-bond acceptors (Lipinski definition) is 4. The van der Waals surface area contributed by atoms with Crippen LogP contribution >= 0.6 is 0 Å². The topological polar surface area (TPSA) is 65.4 Å². The average molecular weight is 355 g/mol. The number of imidazole rings is 1. The van der Waals surface area contributed by atoms with E-state index in [0.29, 0.717) is 35.0 Å². The molecule has 1 aromatic heterocycles. The highest BCUT2D eigenvalue weighted by Gasteiger charge is 2.12. The van der Waals surface area contributed by atoms with E-state index in [1.54, 1.807) is 47.2 Å². The van der Waals surface area contributed by atoms with Gasteiger partial charge in [-0.2, -0.15) is 0 Å². The van der Waals surface area contributed by atoms with Gasteiger partial charge in [-0.1, -0.05) is 18.2 Å². The Hall–Kier alpha value is -3.35. The van der Waals surface area contributed by atoms with E-state index < -0.39 is 0 Å². The predicted molar refractivity (Wildman–Crippen MR) is 95.2 cm³/mol. The van der Waals surface area contributed by atoms with E-state index in [0.717, 1.165) is 0 Å². The van der Waals surface area contributed by atoms with E-state index in [9.17, 15) is 9.18 Å². The maximum absolute atomic E-state index is 13.7. The molecule has 0 aliphatic carbocycles. The van der Waals surface area contributed by atoms with Gasteiger partial charge in [0.25, 0.3) is 5.91 Å². The second-order valence-electron chi connectivity index (χ2n) is 5.55. The Balaban J connectivity index is 1.71. The average Bonchev–Trinajstić information content (AvgIpc) is 3.09. The summed E-state index contributed by atoms with van der Waals surface area (Å²) in [6, 6.07) is 11.4. The molecule has 1 amide bonds. The number of nitrogens with zero attached hydrogens (tertiary/aromatic N) is 2. The third-order valence-corrected chi connectivity index (χ3v) is 3.83. The Morgan fingerprint density at radius 1 is 1.15 bits per heavy atom. The number of carbonyl (C=O) groups is 1. The molecule has 0 aliphatic heterocycles. The molecule has 0 aliphatic rings. The van der Waals surface area contributed by atoms with Crippen molar-refractivity contribution >= 4 is 11.7 Å². The van der Waals surface area contributed by atoms with Crippen LogP contribution in [0.5, 0.6) is 11.5 Å². The summed E-state index contributed by atoms with van der Waals surface area (Å²) < 4.78 is 25.8. The van der Waals surface area contributed by atoms with Gasteiger partial charge in [0.05, 0.1) is 27.1 Å². The smallest absolute Gasteiger partial charge is 0.256 e. The van der Waals surface area contributed by atoms with E-state index in [1.807, 2.05) is 0 Å². The molecular formula is C19H18FN3O3. The maximum Gasteiger partial charge on any atom is 0.256 e. The van der Waals surface area contributed by atoms with Gasteiger partial charge in [-0.15, -0.1) is 0 Å². The first-order valence-corrected chi connectivity index (χ1v) is 7.89. The van der Waals surface area contributed by atoms with Crippen molar-refractivity contribution in [2.75, 3.05) is 19.5 Å². The minimum atomic E-state index is -0.331. The number of amides is 1. The van der Waals surface area contributed by atoms with Crippen molar-refractivity contribution in [1.82, 2.24) is 9.55 Å². The van der Waals surface area contributed by atoms with Crippen LogP contribution in [0.1, 0.15) is 15.9 Å². The van der Waals surface area contributed by atoms with Crippen LogP contribution in [-0.4, -0.2) is 29.7 Å². The zero-order valence-electron chi connectivity index (χ0n) is 14.4. The normalized spacial score (nSPS) is 10.4. The first kappa shape index (κ1) is 17.5. The molecule has 7 heteroatoms. The van der Waals surface area contributed by atoms with Gasteiger partial charge < -0.3 is 19.4 Å². The van der Waals surface area contributed by atoms with E-state index in [1.165, 1.54) is 26.6 Å². The predicted octanol–water partition coefficient (Wildman–Crippen LogP) is 3.34. The molecule has 1 N–H and O–H groups in total. The highest BCUT2D eigenvalue weighted by atomic mass is 19.1. The Labute approximate surface area is 150 Å². The highest BCUT2D eigenvalue weighted by Crippen LogP contribution is 2.27. The van der Waals surface area contributed by atoms with Crippen LogP contribution < -0.4 is 14.8 Å². The highest BCUT2D eigenvalue weighted by molar-refractivity contribution is 6.04. The largest absolute Gasteiger partial charge is 0.493 e. The molecule has 134 valence electrons. The Bertz CT molecular complexity index is 924. The zero-order chi connectivity index (χ0) is 18.5. The first-order chi connectivity index (χ1) is 12.6. The van der Waals surface area contributed by atoms with Crippen LogP contribution in [0.15, 0.2) is 55.0 Å². The number of anilines is 1. The molecule has 1 heterocycles. The van der Waals surface area contributed by atoms with Crippen LogP contribution in [-0.2, 0) is 6.54 Å². The molecule has 0 saturated heterocycles. The third kappa shape index (κ3) is 3.83. The van der Waals surface area contributed by atoms with Gasteiger partial charge in [0.2, 0.25) is 0 Å². The standard InChI is InChI=1S/C19H18FN3O3/c1-25-16-8-7-13(9-17(16)26-2)19(24)22-18-11-23(12-21-18)10-14-5-3-4-6-15(14)20/h3-9,11-12H,10H2,1-2H3,(H,22,24). The molecule has 26 heavy (non-hydrogen) atoms. The van der Waals surface area contributed by atoms with Gasteiger partial charge >= 0.3 is 0 Å². The molecule has 0 saturated carbocycles. The Morgan fingerprint density at radius 2 is 1.92 bits per heavy atom. The lowest BCUT2D eigenvalue weighted by atomic mass is 10.2. The van der Waals surface area contributed by atoms with Crippen LogP contribution in [0.3, 0.4) is 0 Å². The van der Waals surface area contributed by atoms with Gasteiger partial charge in [-0.3, -0.25) is 4.79 Å². The number of rotatable bonds is 6. The molecule has 2 aromatic carbocycles. The van der Waals surface area contributed by atoms with E-state index in [4.69, 9.17) is 9.47 Å². The molecule has 3 aromatic rings. The molecule has 6 nitrogen and oxygen atoms in total. The van der Waals surface area contributed by atoms with Gasteiger partial charge in [0.15, 0.2) is 17.3 Å². The van der Waals surface area contributed by atoms with Crippen molar-refractivity contribution in [3.05, 3.63) is 71.9 Å². The fourth-order valence-corrected chi connectivity index (χ4v) is 2.50. The van der Waals surface area contributed by atoms with Crippen molar-refractivity contribution in [1.29, 1.82) is 0 Å². The summed E-state index contributed by atoms with van der Waals surface area (Å²) in [6.07, 6.45) is 3.18. The number of ether oxygens (including phenoxy) is 2. The van der Waals surface area contributed by atoms with Crippen molar-refractivity contribution in [2.24, 2.45) is 0 Å². The minimum Gasteiger partial charge on any atom is -0.493 e. The number of nitrogens with one attached hydrogen (secondary N) is 1. The minimum absolute atomic E-state index is 0.280. The molecular weight excluding hydrogens is 337 g/mol. The number of methoxy groups -OCH3 is 2. The molecule has 0 radical (unpaired) electrons. The third-order valence-electron chi connectivity index (χ3n) is 3.83. The lowest BCUT2D eigenvalue weighted by Crippen LogP contribution is -2.12. The summed E-state index contributed by atoms with van der Waals surface area (Å²) in [5, 5.41) is 2.71. The second kappa shape index (κ2) is 7.69. The molecule has 0 fully saturated rings. The van der Waals surface area contributed by atoms with Crippen LogP contribution in [0.2, 0.25) is 0 Å². The molecule has 0 atom stereocenters. The van der Waals surface area contributed by atoms with Crippen molar-refractivity contribution < 1.29 is 18.7 Å². The summed E-state index contributed by atoms with van der Waals surface area (Å²) in [5.41, 5.74) is 0.953. The van der Waals surface area contributed by atoms with Gasteiger partial charge in [-0.05, 0) is 24.3 Å². The summed E-state index contributed by atoms with van der Waals surface area (Å²) in [4.78, 5) is 16.5. The Kier molecular flexibility index (Phi) is 5.17. The van der Waals surface area contributed by atoms with Crippen LogP contribution in [0.25, 0.3) is 0 Å². The van der Waals surface area contributed by atoms with E-state index in [2.05, 4.69) is 10.3 Å². The first-order valence-electron chi connectivity index (χ1n) is 7.89. The fourth-order valence-electron chi connectivity index (χ4n) is 2.50. The summed E-state index contributed by atoms with van der Waals surface area (Å²) in [6.45, 7) is 0.325. The van der Waals surface area contributed by atoms with Crippen LogP contribution in [0, 0.1) is 5.82 Å². The van der Waals surface area contributed by atoms with Gasteiger partial charge in [0.1, 0.15) is 5.82 Å². The summed E-state index contributed by atoms with van der Waals surface area (Å²) in [5.74, 6) is 0.767. The SMILES string of the molecule is COc1ccc(C(=O)Nc2cn(Cc3ccccc3F)cn2)cc1OC. The number of aromatic nitrogens is 2. The number of benzene rings is 2. The molecule has 0 bridgehead atoms. The van der Waals surface area contributed by atoms with Gasteiger partial charge in [-0.25, -0.2) is 9.37 Å². The number of carbonyl (C=O) groups excluding carboxylic acids is 1. The Morgan fingerprint density at radius 3 is 2.65 bits per heavy atom. The number of hydrogen-bond donors (Lipinski definition) is 1. The second-order valence-corrected chi connectivity index (χ2v) is 5.55. The summed E-state index contributed by atoms with van der Waals surface area (Å²) in [7, 11) is 3.03. The lowest BCUT2D eigenvalue weighted by molar-refractivity contribution is 0.102. The molecule has 3 rings (SSSR count). The lowest BCUT2D eigenvalue weighted by Gasteiger charge is -2.09. The maximum atomic E-state index is 13.7. The summed E-state index contributed by atoms with van der Waals surface area (Å²) >= 11 is 0. The quantitative estimate of drug-likeness (QED) is 0.736. The van der Waals surface area contributed by atoms with Crippen molar-refractivity contribution in [3.63, 3.8) is 0 Å². The molecule has 0 unspecified atom stereocenters. The van der Waals surface area contributed by atoms with Gasteiger partial charge in [0, 0.05) is 17.3 Å². The van der Waals surface area contributed by atoms with Crippen molar-refractivity contribution in [3.8, 4) is 11.5 Å². The fraction of sp³-hybridized carbons (Fsp3) is 0.158. The number of halogens is 1. The van der Waals surface area contributed by atoms with E-state index in [-0.39, 0.29) is 11.7 Å².